The summed E-state index contributed by atoms with van der Waals surface area (Å²) in [5.41, 5.74) is 3.21. The van der Waals surface area contributed by atoms with Crippen LogP contribution in [0.4, 0.5) is 5.69 Å². The van der Waals surface area contributed by atoms with Crippen LogP contribution >= 0.6 is 0 Å². The highest BCUT2D eigenvalue weighted by molar-refractivity contribution is 6.40. The van der Waals surface area contributed by atoms with Gasteiger partial charge in [-0.05, 0) is 47.8 Å². The molecular weight excluding hydrogens is 316 g/mol. The van der Waals surface area contributed by atoms with Crippen molar-refractivity contribution in [2.45, 2.75) is 39.2 Å². The highest BCUT2D eigenvalue weighted by Gasteiger charge is 2.21. The molecule has 132 valence electrons. The van der Waals surface area contributed by atoms with Gasteiger partial charge in [0.05, 0.1) is 12.6 Å². The van der Waals surface area contributed by atoms with Crippen LogP contribution in [-0.2, 0) is 22.4 Å². The van der Waals surface area contributed by atoms with Crippen LogP contribution in [-0.4, -0.2) is 29.6 Å². The monoisotopic (exact) mass is 340 g/mol. The van der Waals surface area contributed by atoms with Gasteiger partial charge in [-0.3, -0.25) is 9.59 Å². The standard InChI is InChI=1S/C20H24N2O3/c1-12(2)10-15(11-23)21-19(24)20(25)22-17-9-8-14-7-6-13-4-3-5-16(17)18(13)14/h3-5,8-9,12,15,23H,6-7,10-11H2,1-2H3,(H,21,24)(H,22,25). The molecule has 3 rings (SSSR count). The van der Waals surface area contributed by atoms with Gasteiger partial charge in [0, 0.05) is 11.1 Å². The van der Waals surface area contributed by atoms with Gasteiger partial charge in [-0.1, -0.05) is 38.1 Å². The molecule has 0 saturated carbocycles. The predicted molar refractivity (Wildman–Crippen MR) is 98.5 cm³/mol. The quantitative estimate of drug-likeness (QED) is 0.731. The van der Waals surface area contributed by atoms with E-state index in [0.29, 0.717) is 18.0 Å². The van der Waals surface area contributed by atoms with E-state index in [-0.39, 0.29) is 6.61 Å². The zero-order valence-electron chi connectivity index (χ0n) is 14.6. The first-order valence-corrected chi connectivity index (χ1v) is 8.75. The molecule has 2 aromatic carbocycles. The molecule has 3 N–H and O–H groups in total. The molecule has 1 aliphatic rings. The van der Waals surface area contributed by atoms with Gasteiger partial charge in [0.2, 0.25) is 0 Å². The fraction of sp³-hybridized carbons (Fsp3) is 0.400. The van der Waals surface area contributed by atoms with Gasteiger partial charge in [-0.25, -0.2) is 0 Å². The van der Waals surface area contributed by atoms with Crippen molar-refractivity contribution in [1.82, 2.24) is 5.32 Å². The summed E-state index contributed by atoms with van der Waals surface area (Å²) in [7, 11) is 0. The van der Waals surface area contributed by atoms with E-state index in [2.05, 4.69) is 16.7 Å². The molecular formula is C20H24N2O3. The van der Waals surface area contributed by atoms with E-state index in [1.807, 2.05) is 38.1 Å². The van der Waals surface area contributed by atoms with Crippen molar-refractivity contribution in [2.75, 3.05) is 11.9 Å². The van der Waals surface area contributed by atoms with Crippen LogP contribution in [0.1, 0.15) is 31.4 Å². The number of benzene rings is 2. The van der Waals surface area contributed by atoms with E-state index in [1.165, 1.54) is 16.5 Å². The maximum absolute atomic E-state index is 12.3. The SMILES string of the molecule is CC(C)CC(CO)NC(=O)C(=O)Nc1ccc2c3c(cccc13)CC2. The van der Waals surface area contributed by atoms with Crippen molar-refractivity contribution in [3.63, 3.8) is 0 Å². The number of hydrogen-bond donors (Lipinski definition) is 3. The number of aliphatic hydroxyl groups excluding tert-OH is 1. The fourth-order valence-electron chi connectivity index (χ4n) is 3.53. The largest absolute Gasteiger partial charge is 0.394 e. The first kappa shape index (κ1) is 17.4. The van der Waals surface area contributed by atoms with Gasteiger partial charge in [0.15, 0.2) is 0 Å². The molecule has 0 aliphatic heterocycles. The lowest BCUT2D eigenvalue weighted by molar-refractivity contribution is -0.136. The molecule has 0 saturated heterocycles. The van der Waals surface area contributed by atoms with Crippen LogP contribution in [0.5, 0.6) is 0 Å². The topological polar surface area (TPSA) is 78.4 Å². The molecule has 0 bridgehead atoms. The van der Waals surface area contributed by atoms with E-state index in [1.54, 1.807) is 0 Å². The molecule has 1 aliphatic carbocycles. The summed E-state index contributed by atoms with van der Waals surface area (Å²) < 4.78 is 0. The number of anilines is 1. The van der Waals surface area contributed by atoms with E-state index in [4.69, 9.17) is 0 Å². The van der Waals surface area contributed by atoms with Crippen molar-refractivity contribution in [1.29, 1.82) is 0 Å². The van der Waals surface area contributed by atoms with E-state index < -0.39 is 17.9 Å². The molecule has 0 fully saturated rings. The van der Waals surface area contributed by atoms with Gasteiger partial charge in [-0.2, -0.15) is 0 Å². The van der Waals surface area contributed by atoms with Crippen molar-refractivity contribution < 1.29 is 14.7 Å². The number of carbonyl (C=O) groups excluding carboxylic acids is 2. The molecule has 0 aromatic heterocycles. The van der Waals surface area contributed by atoms with Gasteiger partial charge >= 0.3 is 11.8 Å². The van der Waals surface area contributed by atoms with Crippen molar-refractivity contribution in [3.8, 4) is 0 Å². The molecule has 1 unspecified atom stereocenters. The van der Waals surface area contributed by atoms with Crippen molar-refractivity contribution in [2.24, 2.45) is 5.92 Å². The molecule has 0 heterocycles. The first-order chi connectivity index (χ1) is 12.0. The van der Waals surface area contributed by atoms with Crippen molar-refractivity contribution in [3.05, 3.63) is 41.5 Å². The van der Waals surface area contributed by atoms with Gasteiger partial charge in [0.1, 0.15) is 0 Å². The second-order valence-corrected chi connectivity index (χ2v) is 7.05. The lowest BCUT2D eigenvalue weighted by atomic mass is 10.0. The fourth-order valence-corrected chi connectivity index (χ4v) is 3.53. The molecule has 5 nitrogen and oxygen atoms in total. The van der Waals surface area contributed by atoms with E-state index >= 15 is 0 Å². The Morgan fingerprint density at radius 3 is 2.48 bits per heavy atom. The minimum Gasteiger partial charge on any atom is -0.394 e. The Morgan fingerprint density at radius 1 is 1.08 bits per heavy atom. The Morgan fingerprint density at radius 2 is 1.80 bits per heavy atom. The maximum Gasteiger partial charge on any atom is 0.313 e. The first-order valence-electron chi connectivity index (χ1n) is 8.75. The lowest BCUT2D eigenvalue weighted by Gasteiger charge is -2.18. The Balaban J connectivity index is 1.75. The maximum atomic E-state index is 12.3. The lowest BCUT2D eigenvalue weighted by Crippen LogP contribution is -2.44. The van der Waals surface area contributed by atoms with E-state index in [0.717, 1.165) is 18.2 Å². The number of carbonyl (C=O) groups is 2. The Bertz CT molecular complexity index is 804. The predicted octanol–water partition coefficient (Wildman–Crippen LogP) is 2.40. The summed E-state index contributed by atoms with van der Waals surface area (Å²) in [5.74, 6) is -1.11. The second-order valence-electron chi connectivity index (χ2n) is 7.05. The molecule has 5 heteroatoms. The third-order valence-electron chi connectivity index (χ3n) is 4.64. The van der Waals surface area contributed by atoms with E-state index in [9.17, 15) is 14.7 Å². The van der Waals surface area contributed by atoms with Crippen LogP contribution in [0.25, 0.3) is 10.8 Å². The van der Waals surface area contributed by atoms with Gasteiger partial charge in [-0.15, -0.1) is 0 Å². The number of nitrogens with one attached hydrogen (secondary N) is 2. The Labute approximate surface area is 147 Å². The molecule has 1 atom stereocenters. The number of amides is 2. The van der Waals surface area contributed by atoms with Gasteiger partial charge < -0.3 is 15.7 Å². The molecule has 0 spiro atoms. The van der Waals surface area contributed by atoms with Crippen LogP contribution in [0.15, 0.2) is 30.3 Å². The van der Waals surface area contributed by atoms with Crippen LogP contribution in [0, 0.1) is 5.92 Å². The number of hydrogen-bond acceptors (Lipinski definition) is 3. The second kappa shape index (κ2) is 7.23. The molecule has 2 aromatic rings. The minimum atomic E-state index is -0.719. The van der Waals surface area contributed by atoms with Crippen LogP contribution < -0.4 is 10.6 Å². The smallest absolute Gasteiger partial charge is 0.313 e. The summed E-state index contributed by atoms with van der Waals surface area (Å²) >= 11 is 0. The third kappa shape index (κ3) is 3.66. The van der Waals surface area contributed by atoms with Crippen LogP contribution in [0.2, 0.25) is 0 Å². The molecule has 2 amide bonds. The Hall–Kier alpha value is -2.40. The highest BCUT2D eigenvalue weighted by atomic mass is 16.3. The van der Waals surface area contributed by atoms with Crippen LogP contribution in [0.3, 0.4) is 0 Å². The third-order valence-corrected chi connectivity index (χ3v) is 4.64. The average Bonchev–Trinajstić information content (AvgIpc) is 3.01. The number of rotatable bonds is 5. The number of aliphatic hydroxyl groups is 1. The summed E-state index contributed by atoms with van der Waals surface area (Å²) in [6.07, 6.45) is 2.65. The van der Waals surface area contributed by atoms with Gasteiger partial charge in [0.25, 0.3) is 0 Å². The Kier molecular flexibility index (Phi) is 5.04. The summed E-state index contributed by atoms with van der Waals surface area (Å²) in [6.45, 7) is 3.82. The highest BCUT2D eigenvalue weighted by Crippen LogP contribution is 2.34. The average molecular weight is 340 g/mol. The number of aryl methyl sites for hydroxylation is 2. The molecule has 0 radical (unpaired) electrons. The summed E-state index contributed by atoms with van der Waals surface area (Å²) in [6, 6.07) is 9.52. The zero-order chi connectivity index (χ0) is 18.0. The summed E-state index contributed by atoms with van der Waals surface area (Å²) in [4.78, 5) is 24.4. The zero-order valence-corrected chi connectivity index (χ0v) is 14.6. The summed E-state index contributed by atoms with van der Waals surface area (Å²) in [5, 5.41) is 16.8. The normalized spacial score (nSPS) is 13.9. The van der Waals surface area contributed by atoms with Crippen molar-refractivity contribution >= 4 is 28.3 Å². The minimum absolute atomic E-state index is 0.182. The molecule has 25 heavy (non-hydrogen) atoms.